The molecule has 7 heteroatoms. The van der Waals surface area contributed by atoms with Crippen molar-refractivity contribution in [3.8, 4) is 0 Å². The Kier molecular flexibility index (Phi) is 8.22. The smallest absolute Gasteiger partial charge is 0.410 e. The highest BCUT2D eigenvalue weighted by Gasteiger charge is 2.37. The minimum atomic E-state index is -1.90. The Morgan fingerprint density at radius 3 is 2.43 bits per heavy atom. The van der Waals surface area contributed by atoms with E-state index in [-0.39, 0.29) is 11.1 Å². The van der Waals surface area contributed by atoms with Gasteiger partial charge >= 0.3 is 6.09 Å². The first kappa shape index (κ1) is 27.5. The van der Waals surface area contributed by atoms with E-state index in [1.54, 1.807) is 0 Å². The van der Waals surface area contributed by atoms with Gasteiger partial charge in [-0.15, -0.1) is 0 Å². The fourth-order valence-corrected chi connectivity index (χ4v) is 5.12. The molecule has 3 rings (SSSR count). The predicted octanol–water partition coefficient (Wildman–Crippen LogP) is 7.57. The molecule has 0 N–H and O–H groups in total. The van der Waals surface area contributed by atoms with Crippen molar-refractivity contribution in [2.45, 2.75) is 97.6 Å². The number of aromatic nitrogens is 1. The van der Waals surface area contributed by atoms with Gasteiger partial charge in [0, 0.05) is 24.0 Å². The molecule has 1 aliphatic rings. The summed E-state index contributed by atoms with van der Waals surface area (Å²) in [5, 5.41) is 5.66. The Labute approximate surface area is 212 Å². The number of carbonyl (C=O) groups is 1. The molecule has 1 aliphatic heterocycles. The molecule has 1 fully saturated rings. The van der Waals surface area contributed by atoms with Gasteiger partial charge in [-0.05, 0) is 82.1 Å². The number of rotatable bonds is 7. The van der Waals surface area contributed by atoms with Crippen LogP contribution in [-0.4, -0.2) is 43.2 Å². The van der Waals surface area contributed by atoms with Crippen LogP contribution in [-0.2, 0) is 22.2 Å². The molecule has 1 aromatic heterocycles. The number of piperidine rings is 1. The number of hydrogen-bond acceptors (Lipinski definition) is 5. The molecule has 194 valence electrons. The van der Waals surface area contributed by atoms with Crippen molar-refractivity contribution in [3.05, 3.63) is 35.5 Å². The summed E-state index contributed by atoms with van der Waals surface area (Å²) in [6.07, 6.45) is 5.53. The molecule has 0 atom stereocenters. The minimum Gasteiger partial charge on any atom is -0.444 e. The maximum absolute atomic E-state index is 12.3. The standard InChI is InChI=1S/C28H44N2O4Si/c1-10-21-12-13-22-24(29-34-25(22)23(21)19-32-35(8,9)28(5,6)7)14-11-20-15-17-30(18-16-20)26(31)33-27(2,3)4/h10,12-13,20H,1,11,14-19H2,2-9H3. The first-order valence-corrected chi connectivity index (χ1v) is 15.8. The normalized spacial score (nSPS) is 16.1. The van der Waals surface area contributed by atoms with Crippen LogP contribution in [0.3, 0.4) is 0 Å². The minimum absolute atomic E-state index is 0.140. The molecule has 6 nitrogen and oxygen atoms in total. The Morgan fingerprint density at radius 1 is 1.20 bits per heavy atom. The van der Waals surface area contributed by atoms with E-state index in [0.29, 0.717) is 12.5 Å². The van der Waals surface area contributed by atoms with Crippen LogP contribution >= 0.6 is 0 Å². The maximum atomic E-state index is 12.3. The third-order valence-corrected chi connectivity index (χ3v) is 12.0. The molecule has 35 heavy (non-hydrogen) atoms. The van der Waals surface area contributed by atoms with Crippen molar-refractivity contribution in [2.24, 2.45) is 5.92 Å². The summed E-state index contributed by atoms with van der Waals surface area (Å²) in [6, 6.07) is 4.19. The van der Waals surface area contributed by atoms with E-state index < -0.39 is 13.9 Å². The Hall–Kier alpha value is -2.12. The molecule has 1 amide bonds. The molecule has 0 unspecified atom stereocenters. The lowest BCUT2D eigenvalue weighted by atomic mass is 9.91. The topological polar surface area (TPSA) is 64.8 Å². The number of nitrogens with zero attached hydrogens (tertiary/aromatic N) is 2. The second-order valence-corrected chi connectivity index (χ2v) is 17.2. The van der Waals surface area contributed by atoms with E-state index >= 15 is 0 Å². The second-order valence-electron chi connectivity index (χ2n) is 12.3. The molecule has 2 heterocycles. The predicted molar refractivity (Wildman–Crippen MR) is 145 cm³/mol. The summed E-state index contributed by atoms with van der Waals surface area (Å²) in [5.41, 5.74) is 3.43. The molecule has 0 saturated carbocycles. The average Bonchev–Trinajstić information content (AvgIpc) is 3.17. The fraction of sp³-hybridized carbons (Fsp3) is 0.643. The van der Waals surface area contributed by atoms with Crippen molar-refractivity contribution in [1.82, 2.24) is 10.1 Å². The SMILES string of the molecule is C=Cc1ccc2c(CCC3CCN(C(=O)OC(C)(C)C)CC3)noc2c1CO[Si](C)(C)C(C)(C)C. The van der Waals surface area contributed by atoms with Crippen molar-refractivity contribution < 1.29 is 18.5 Å². The van der Waals surface area contributed by atoms with Crippen molar-refractivity contribution in [1.29, 1.82) is 0 Å². The quantitative estimate of drug-likeness (QED) is 0.367. The zero-order valence-electron chi connectivity index (χ0n) is 23.0. The molecular weight excluding hydrogens is 456 g/mol. The van der Waals surface area contributed by atoms with Crippen LogP contribution in [0.1, 0.15) is 77.6 Å². The van der Waals surface area contributed by atoms with Gasteiger partial charge in [0.05, 0.1) is 12.3 Å². The highest BCUT2D eigenvalue weighted by Crippen LogP contribution is 2.38. The van der Waals surface area contributed by atoms with Crippen LogP contribution in [0.15, 0.2) is 23.2 Å². The highest BCUT2D eigenvalue weighted by atomic mass is 28.4. The Bertz CT molecular complexity index is 1040. The number of likely N-dealkylation sites (tertiary alicyclic amines) is 1. The van der Waals surface area contributed by atoms with Crippen molar-refractivity contribution >= 4 is 31.5 Å². The number of benzene rings is 1. The zero-order chi connectivity index (χ0) is 26.0. The first-order chi connectivity index (χ1) is 16.2. The number of amides is 1. The lowest BCUT2D eigenvalue weighted by Crippen LogP contribution is -2.41. The lowest BCUT2D eigenvalue weighted by molar-refractivity contribution is 0.0181. The van der Waals surface area contributed by atoms with Crippen LogP contribution in [0.2, 0.25) is 18.1 Å². The summed E-state index contributed by atoms with van der Waals surface area (Å²) in [4.78, 5) is 14.2. The molecule has 2 aromatic rings. The van der Waals surface area contributed by atoms with Crippen molar-refractivity contribution in [3.63, 3.8) is 0 Å². The van der Waals surface area contributed by atoms with Gasteiger partial charge in [-0.25, -0.2) is 4.79 Å². The van der Waals surface area contributed by atoms with Gasteiger partial charge < -0.3 is 18.6 Å². The number of ether oxygens (including phenoxy) is 1. The number of aryl methyl sites for hydroxylation is 1. The Balaban J connectivity index is 1.65. The van der Waals surface area contributed by atoms with Gasteiger partial charge in [0.25, 0.3) is 0 Å². The molecule has 0 bridgehead atoms. The lowest BCUT2D eigenvalue weighted by Gasteiger charge is -2.36. The van der Waals surface area contributed by atoms with E-state index in [4.69, 9.17) is 13.7 Å². The van der Waals surface area contributed by atoms with Crippen LogP contribution in [0.4, 0.5) is 4.79 Å². The summed E-state index contributed by atoms with van der Waals surface area (Å²) >= 11 is 0. The molecule has 0 radical (unpaired) electrons. The molecule has 0 spiro atoms. The average molecular weight is 501 g/mol. The number of carbonyl (C=O) groups excluding carboxylic acids is 1. The third-order valence-electron chi connectivity index (χ3n) is 7.51. The van der Waals surface area contributed by atoms with Crippen molar-refractivity contribution in [2.75, 3.05) is 13.1 Å². The maximum Gasteiger partial charge on any atom is 0.410 e. The summed E-state index contributed by atoms with van der Waals surface area (Å²) in [7, 11) is -1.90. The van der Waals surface area contributed by atoms with E-state index in [0.717, 1.165) is 66.6 Å². The van der Waals surface area contributed by atoms with E-state index in [1.165, 1.54) is 0 Å². The third kappa shape index (κ3) is 6.76. The van der Waals surface area contributed by atoms with E-state index in [2.05, 4.69) is 57.7 Å². The molecule has 1 saturated heterocycles. The summed E-state index contributed by atoms with van der Waals surface area (Å²) in [5.74, 6) is 0.564. The van der Waals surface area contributed by atoms with Gasteiger partial charge in [0.1, 0.15) is 5.60 Å². The second kappa shape index (κ2) is 10.5. The van der Waals surface area contributed by atoms with E-state index in [9.17, 15) is 4.79 Å². The first-order valence-electron chi connectivity index (χ1n) is 12.9. The Morgan fingerprint density at radius 2 is 1.86 bits per heavy atom. The summed E-state index contributed by atoms with van der Waals surface area (Å²) < 4.78 is 17.9. The largest absolute Gasteiger partial charge is 0.444 e. The monoisotopic (exact) mass is 500 g/mol. The number of hydrogen-bond donors (Lipinski definition) is 0. The summed E-state index contributed by atoms with van der Waals surface area (Å²) in [6.45, 7) is 23.0. The number of fused-ring (bicyclic) bond motifs is 1. The highest BCUT2D eigenvalue weighted by molar-refractivity contribution is 6.74. The van der Waals surface area contributed by atoms with Crippen LogP contribution < -0.4 is 0 Å². The van der Waals surface area contributed by atoms with Gasteiger partial charge in [0.15, 0.2) is 13.9 Å². The van der Waals surface area contributed by atoms with Gasteiger partial charge in [-0.3, -0.25) is 0 Å². The van der Waals surface area contributed by atoms with Crippen LogP contribution in [0.5, 0.6) is 0 Å². The molecular formula is C28H44N2O4Si. The molecule has 0 aliphatic carbocycles. The van der Waals surface area contributed by atoms with Gasteiger partial charge in [-0.2, -0.15) is 0 Å². The van der Waals surface area contributed by atoms with Crippen LogP contribution in [0.25, 0.3) is 17.0 Å². The van der Waals surface area contributed by atoms with Crippen LogP contribution in [0, 0.1) is 5.92 Å². The van der Waals surface area contributed by atoms with Gasteiger partial charge in [0.2, 0.25) is 0 Å². The van der Waals surface area contributed by atoms with Gasteiger partial charge in [-0.1, -0.05) is 44.6 Å². The molecule has 1 aromatic carbocycles. The van der Waals surface area contributed by atoms with E-state index in [1.807, 2.05) is 31.7 Å². The fourth-order valence-electron chi connectivity index (χ4n) is 4.19. The zero-order valence-corrected chi connectivity index (χ0v) is 24.0.